The Balaban J connectivity index is 2.48. The van der Waals surface area contributed by atoms with Gasteiger partial charge < -0.3 is 4.74 Å². The third kappa shape index (κ3) is 5.41. The van der Waals surface area contributed by atoms with Gasteiger partial charge in [0.05, 0.1) is 12.2 Å². The Kier molecular flexibility index (Phi) is 5.44. The van der Waals surface area contributed by atoms with Crippen LogP contribution >= 0.6 is 0 Å². The van der Waals surface area contributed by atoms with Crippen LogP contribution in [0.2, 0.25) is 0 Å². The van der Waals surface area contributed by atoms with E-state index in [-0.39, 0.29) is 11.1 Å². The summed E-state index contributed by atoms with van der Waals surface area (Å²) < 4.78 is 5.85. The van der Waals surface area contributed by atoms with Crippen LogP contribution < -0.4 is 0 Å². The Morgan fingerprint density at radius 3 is 2.00 bits per heavy atom. The van der Waals surface area contributed by atoms with Gasteiger partial charge in [-0.1, -0.05) is 0 Å². The Bertz CT molecular complexity index is 277. The highest BCUT2D eigenvalue weighted by molar-refractivity contribution is 4.90. The molecule has 1 heterocycles. The summed E-state index contributed by atoms with van der Waals surface area (Å²) in [6, 6.07) is 1.23. The molecule has 1 saturated heterocycles. The average molecular weight is 270 g/mol. The van der Waals surface area contributed by atoms with E-state index in [0.29, 0.717) is 12.1 Å². The van der Waals surface area contributed by atoms with E-state index in [2.05, 4.69) is 65.2 Å². The van der Waals surface area contributed by atoms with Crippen molar-refractivity contribution < 1.29 is 4.74 Å². The fourth-order valence-electron chi connectivity index (χ4n) is 2.91. The molecular weight excluding hydrogens is 236 g/mol. The standard InChI is InChI=1S/C16H34N2O/c1-13-12-18(15(3,4)5)14(2)11-17(13)9-10-19-16(6,7)8/h13-14H,9-12H2,1-8H3. The molecule has 1 aliphatic rings. The van der Waals surface area contributed by atoms with Gasteiger partial charge in [0.1, 0.15) is 0 Å². The van der Waals surface area contributed by atoms with E-state index in [4.69, 9.17) is 4.74 Å². The van der Waals surface area contributed by atoms with Crippen LogP contribution in [0.5, 0.6) is 0 Å². The summed E-state index contributed by atoms with van der Waals surface area (Å²) in [6.45, 7) is 22.2. The third-order valence-corrected chi connectivity index (χ3v) is 3.89. The molecule has 2 atom stereocenters. The predicted octanol–water partition coefficient (Wildman–Crippen LogP) is 2.99. The van der Waals surface area contributed by atoms with Crippen molar-refractivity contribution >= 4 is 0 Å². The highest BCUT2D eigenvalue weighted by Gasteiger charge is 2.34. The Labute approximate surface area is 120 Å². The van der Waals surface area contributed by atoms with Crippen molar-refractivity contribution in [1.82, 2.24) is 9.80 Å². The monoisotopic (exact) mass is 270 g/mol. The second-order valence-corrected chi connectivity index (χ2v) is 7.98. The van der Waals surface area contributed by atoms with Gasteiger partial charge in [-0.2, -0.15) is 0 Å². The molecule has 1 fully saturated rings. The van der Waals surface area contributed by atoms with Gasteiger partial charge in [-0.25, -0.2) is 0 Å². The maximum Gasteiger partial charge on any atom is 0.0600 e. The van der Waals surface area contributed by atoms with Crippen LogP contribution in [0, 0.1) is 0 Å². The third-order valence-electron chi connectivity index (χ3n) is 3.89. The van der Waals surface area contributed by atoms with Crippen molar-refractivity contribution in [3.05, 3.63) is 0 Å². The van der Waals surface area contributed by atoms with Crippen LogP contribution in [0.3, 0.4) is 0 Å². The zero-order valence-electron chi connectivity index (χ0n) is 14.3. The molecule has 0 saturated carbocycles. The molecule has 0 aliphatic carbocycles. The van der Waals surface area contributed by atoms with Crippen LogP contribution in [0.1, 0.15) is 55.4 Å². The van der Waals surface area contributed by atoms with Gasteiger partial charge in [0, 0.05) is 37.3 Å². The smallest absolute Gasteiger partial charge is 0.0600 e. The molecule has 0 N–H and O–H groups in total. The molecule has 0 spiro atoms. The Morgan fingerprint density at radius 2 is 1.53 bits per heavy atom. The van der Waals surface area contributed by atoms with Gasteiger partial charge in [-0.3, -0.25) is 9.80 Å². The molecule has 2 unspecified atom stereocenters. The van der Waals surface area contributed by atoms with Gasteiger partial charge in [-0.15, -0.1) is 0 Å². The molecule has 1 aliphatic heterocycles. The number of nitrogens with zero attached hydrogens (tertiary/aromatic N) is 2. The minimum absolute atomic E-state index is 0.0257. The lowest BCUT2D eigenvalue weighted by atomic mass is 9.98. The largest absolute Gasteiger partial charge is 0.375 e. The van der Waals surface area contributed by atoms with Crippen LogP contribution in [-0.2, 0) is 4.74 Å². The molecule has 0 radical (unpaired) electrons. The van der Waals surface area contributed by atoms with Crippen LogP contribution in [-0.4, -0.2) is 59.3 Å². The van der Waals surface area contributed by atoms with E-state index in [0.717, 1.165) is 26.2 Å². The summed E-state index contributed by atoms with van der Waals surface area (Å²) in [6.07, 6.45) is 0. The maximum absolute atomic E-state index is 5.85. The maximum atomic E-state index is 5.85. The fraction of sp³-hybridized carbons (Fsp3) is 1.00. The topological polar surface area (TPSA) is 15.7 Å². The zero-order valence-corrected chi connectivity index (χ0v) is 14.3. The number of hydrogen-bond donors (Lipinski definition) is 0. The lowest BCUT2D eigenvalue weighted by Crippen LogP contribution is -2.61. The number of ether oxygens (including phenoxy) is 1. The SMILES string of the molecule is CC1CN(C(C)(C)C)C(C)CN1CCOC(C)(C)C. The molecule has 0 aromatic rings. The normalized spacial score (nSPS) is 27.8. The minimum atomic E-state index is -0.0257. The van der Waals surface area contributed by atoms with Gasteiger partial charge in [0.2, 0.25) is 0 Å². The van der Waals surface area contributed by atoms with E-state index in [1.807, 2.05) is 0 Å². The predicted molar refractivity (Wildman–Crippen MR) is 82.7 cm³/mol. The van der Waals surface area contributed by atoms with Gasteiger partial charge >= 0.3 is 0 Å². The number of rotatable bonds is 3. The first-order valence-corrected chi connectivity index (χ1v) is 7.65. The summed E-state index contributed by atoms with van der Waals surface area (Å²) in [5, 5.41) is 0. The molecule has 1 rings (SSSR count). The lowest BCUT2D eigenvalue weighted by molar-refractivity contribution is -0.0466. The van der Waals surface area contributed by atoms with Crippen molar-refractivity contribution in [3.63, 3.8) is 0 Å². The van der Waals surface area contributed by atoms with Gasteiger partial charge in [-0.05, 0) is 55.4 Å². The average Bonchev–Trinajstić information content (AvgIpc) is 2.19. The van der Waals surface area contributed by atoms with E-state index in [9.17, 15) is 0 Å². The summed E-state index contributed by atoms with van der Waals surface area (Å²) in [5.41, 5.74) is 0.240. The van der Waals surface area contributed by atoms with E-state index < -0.39 is 0 Å². The summed E-state index contributed by atoms with van der Waals surface area (Å²) >= 11 is 0. The summed E-state index contributed by atoms with van der Waals surface area (Å²) in [4.78, 5) is 5.19. The number of hydrogen-bond acceptors (Lipinski definition) is 3. The van der Waals surface area contributed by atoms with Crippen molar-refractivity contribution in [3.8, 4) is 0 Å². The quantitative estimate of drug-likeness (QED) is 0.784. The molecule has 0 amide bonds. The molecular formula is C16H34N2O. The van der Waals surface area contributed by atoms with Crippen LogP contribution in [0.4, 0.5) is 0 Å². The summed E-state index contributed by atoms with van der Waals surface area (Å²) in [5.74, 6) is 0. The molecule has 0 bridgehead atoms. The second kappa shape index (κ2) is 6.11. The van der Waals surface area contributed by atoms with Crippen LogP contribution in [0.25, 0.3) is 0 Å². The van der Waals surface area contributed by atoms with E-state index in [1.165, 1.54) is 0 Å². The zero-order chi connectivity index (χ0) is 14.8. The first-order chi connectivity index (χ1) is 8.50. The lowest BCUT2D eigenvalue weighted by Gasteiger charge is -2.50. The minimum Gasteiger partial charge on any atom is -0.375 e. The van der Waals surface area contributed by atoms with Crippen molar-refractivity contribution in [2.45, 2.75) is 78.6 Å². The molecule has 0 aromatic heterocycles. The first kappa shape index (κ1) is 16.9. The highest BCUT2D eigenvalue weighted by atomic mass is 16.5. The van der Waals surface area contributed by atoms with Crippen molar-refractivity contribution in [1.29, 1.82) is 0 Å². The van der Waals surface area contributed by atoms with Gasteiger partial charge in [0.15, 0.2) is 0 Å². The Hall–Kier alpha value is -0.120. The summed E-state index contributed by atoms with van der Waals surface area (Å²) in [7, 11) is 0. The fourth-order valence-corrected chi connectivity index (χ4v) is 2.91. The molecule has 3 heteroatoms. The van der Waals surface area contributed by atoms with Crippen molar-refractivity contribution in [2.24, 2.45) is 0 Å². The molecule has 19 heavy (non-hydrogen) atoms. The highest BCUT2D eigenvalue weighted by Crippen LogP contribution is 2.23. The molecule has 0 aromatic carbocycles. The van der Waals surface area contributed by atoms with Crippen molar-refractivity contribution in [2.75, 3.05) is 26.2 Å². The second-order valence-electron chi connectivity index (χ2n) is 7.98. The van der Waals surface area contributed by atoms with Crippen LogP contribution in [0.15, 0.2) is 0 Å². The molecule has 114 valence electrons. The molecule has 3 nitrogen and oxygen atoms in total. The van der Waals surface area contributed by atoms with Gasteiger partial charge in [0.25, 0.3) is 0 Å². The van der Waals surface area contributed by atoms with E-state index in [1.54, 1.807) is 0 Å². The Morgan fingerprint density at radius 1 is 0.947 bits per heavy atom. The van der Waals surface area contributed by atoms with E-state index >= 15 is 0 Å². The number of piperazine rings is 1. The first-order valence-electron chi connectivity index (χ1n) is 7.65.